The standard InChI is InChI=1S/C29H48O7/c1-19(2)9-6-10-20(3)11-7-12-21(4)27-14-8-13-24(31)29(35)26(33)17-22(5)25(32)18-23(30)15-16-28(34)36-27/h6-10,12-13,20-27,29-33,35H,11,14-18H2,1-5H3. The number of aliphatic hydroxyl groups excluding tert-OH is 5. The van der Waals surface area contributed by atoms with Gasteiger partial charge < -0.3 is 30.3 Å². The fourth-order valence-electron chi connectivity index (χ4n) is 4.03. The van der Waals surface area contributed by atoms with Crippen molar-refractivity contribution in [1.82, 2.24) is 0 Å². The Balaban J connectivity index is 2.93. The molecule has 0 spiro atoms. The maximum Gasteiger partial charge on any atom is 0.306 e. The SMILES string of the molecule is CC(C)=CC=CC(C)CC=CC(C)C1CC=CC(O)C(O)C(O)CC(C)C(O)CC(O)CCC(=O)O1. The summed E-state index contributed by atoms with van der Waals surface area (Å²) < 4.78 is 5.71. The molecule has 206 valence electrons. The molecule has 7 nitrogen and oxygen atoms in total. The largest absolute Gasteiger partial charge is 0.461 e. The first-order valence-electron chi connectivity index (χ1n) is 13.2. The summed E-state index contributed by atoms with van der Waals surface area (Å²) in [4.78, 5) is 12.5. The molecular weight excluding hydrogens is 460 g/mol. The van der Waals surface area contributed by atoms with Gasteiger partial charge in [0.15, 0.2) is 0 Å². The Morgan fingerprint density at radius 3 is 2.44 bits per heavy atom. The van der Waals surface area contributed by atoms with Gasteiger partial charge in [0.1, 0.15) is 18.3 Å². The van der Waals surface area contributed by atoms with Gasteiger partial charge in [-0.3, -0.25) is 4.79 Å². The Kier molecular flexibility index (Phi) is 15.1. The van der Waals surface area contributed by atoms with Gasteiger partial charge in [-0.25, -0.2) is 0 Å². The van der Waals surface area contributed by atoms with Gasteiger partial charge >= 0.3 is 5.97 Å². The summed E-state index contributed by atoms with van der Waals surface area (Å²) in [5, 5.41) is 51.5. The van der Waals surface area contributed by atoms with E-state index in [0.717, 1.165) is 6.42 Å². The van der Waals surface area contributed by atoms with Crippen LogP contribution >= 0.6 is 0 Å². The van der Waals surface area contributed by atoms with E-state index in [-0.39, 0.29) is 31.6 Å². The van der Waals surface area contributed by atoms with Crippen LogP contribution in [0, 0.1) is 17.8 Å². The minimum Gasteiger partial charge on any atom is -0.461 e. The first-order chi connectivity index (χ1) is 16.9. The highest BCUT2D eigenvalue weighted by Gasteiger charge is 2.29. The van der Waals surface area contributed by atoms with Crippen molar-refractivity contribution >= 4 is 5.97 Å². The third-order valence-electron chi connectivity index (χ3n) is 6.60. The van der Waals surface area contributed by atoms with E-state index in [0.29, 0.717) is 12.3 Å². The number of allylic oxidation sites excluding steroid dienone is 5. The number of hydrogen-bond donors (Lipinski definition) is 5. The van der Waals surface area contributed by atoms with E-state index < -0.39 is 48.5 Å². The van der Waals surface area contributed by atoms with Crippen LogP contribution in [0.4, 0.5) is 0 Å². The van der Waals surface area contributed by atoms with Crippen molar-refractivity contribution in [2.75, 3.05) is 0 Å². The number of carbonyl (C=O) groups is 1. The zero-order valence-corrected chi connectivity index (χ0v) is 22.5. The van der Waals surface area contributed by atoms with E-state index in [1.807, 2.05) is 26.8 Å². The van der Waals surface area contributed by atoms with Crippen molar-refractivity contribution in [3.8, 4) is 0 Å². The van der Waals surface area contributed by atoms with E-state index in [9.17, 15) is 30.3 Å². The van der Waals surface area contributed by atoms with Crippen LogP contribution in [0.1, 0.15) is 73.1 Å². The van der Waals surface area contributed by atoms with Gasteiger partial charge in [-0.15, -0.1) is 0 Å². The molecule has 1 aliphatic rings. The number of carbonyl (C=O) groups excluding carboxylic acids is 1. The zero-order chi connectivity index (χ0) is 27.3. The summed E-state index contributed by atoms with van der Waals surface area (Å²) in [7, 11) is 0. The number of rotatable bonds is 6. The molecule has 0 radical (unpaired) electrons. The van der Waals surface area contributed by atoms with E-state index >= 15 is 0 Å². The summed E-state index contributed by atoms with van der Waals surface area (Å²) in [6.07, 6.45) is 8.56. The van der Waals surface area contributed by atoms with E-state index in [1.54, 1.807) is 13.0 Å². The van der Waals surface area contributed by atoms with Crippen molar-refractivity contribution in [2.24, 2.45) is 17.8 Å². The molecule has 1 aliphatic heterocycles. The number of esters is 1. The molecular formula is C29H48O7. The fraction of sp³-hybridized carbons (Fsp3) is 0.690. The van der Waals surface area contributed by atoms with Gasteiger partial charge in [0.2, 0.25) is 0 Å². The number of ether oxygens (including phenoxy) is 1. The second kappa shape index (κ2) is 16.9. The summed E-state index contributed by atoms with van der Waals surface area (Å²) in [6, 6.07) is 0. The third-order valence-corrected chi connectivity index (χ3v) is 6.60. The Labute approximate surface area is 216 Å². The fourth-order valence-corrected chi connectivity index (χ4v) is 4.03. The van der Waals surface area contributed by atoms with Crippen LogP contribution in [0.15, 0.2) is 48.1 Å². The Morgan fingerprint density at radius 2 is 1.78 bits per heavy atom. The van der Waals surface area contributed by atoms with Crippen LogP contribution in [0.3, 0.4) is 0 Å². The highest BCUT2D eigenvalue weighted by molar-refractivity contribution is 5.69. The van der Waals surface area contributed by atoms with Crippen LogP contribution in [-0.4, -0.2) is 68.1 Å². The minimum atomic E-state index is -1.42. The maximum atomic E-state index is 12.5. The quantitative estimate of drug-likeness (QED) is 0.211. The lowest BCUT2D eigenvalue weighted by Gasteiger charge is -2.27. The Bertz CT molecular complexity index is 753. The Morgan fingerprint density at radius 1 is 1.08 bits per heavy atom. The topological polar surface area (TPSA) is 127 Å². The highest BCUT2D eigenvalue weighted by Crippen LogP contribution is 2.22. The van der Waals surface area contributed by atoms with E-state index in [1.165, 1.54) is 11.6 Å². The molecule has 5 N–H and O–H groups in total. The van der Waals surface area contributed by atoms with Gasteiger partial charge in [-0.05, 0) is 51.4 Å². The zero-order valence-electron chi connectivity index (χ0n) is 22.5. The van der Waals surface area contributed by atoms with Crippen molar-refractivity contribution in [3.63, 3.8) is 0 Å². The van der Waals surface area contributed by atoms with Crippen molar-refractivity contribution < 1.29 is 35.1 Å². The van der Waals surface area contributed by atoms with E-state index in [2.05, 4.69) is 31.2 Å². The molecule has 0 amide bonds. The summed E-state index contributed by atoms with van der Waals surface area (Å²) in [5.74, 6) is -0.600. The predicted octanol–water partition coefficient (Wildman–Crippen LogP) is 3.60. The lowest BCUT2D eigenvalue weighted by atomic mass is 9.90. The van der Waals surface area contributed by atoms with Crippen molar-refractivity contribution in [2.45, 2.75) is 110 Å². The molecule has 9 atom stereocenters. The number of aliphatic hydroxyl groups is 5. The lowest BCUT2D eigenvalue weighted by Crippen LogP contribution is -2.39. The summed E-state index contributed by atoms with van der Waals surface area (Å²) >= 11 is 0. The van der Waals surface area contributed by atoms with Crippen LogP contribution < -0.4 is 0 Å². The van der Waals surface area contributed by atoms with Gasteiger partial charge in [0.05, 0.1) is 18.3 Å². The lowest BCUT2D eigenvalue weighted by molar-refractivity contribution is -0.151. The van der Waals surface area contributed by atoms with Crippen molar-refractivity contribution in [3.05, 3.63) is 48.1 Å². The molecule has 0 aromatic carbocycles. The molecule has 0 bridgehead atoms. The van der Waals surface area contributed by atoms with Crippen LogP contribution in [0.2, 0.25) is 0 Å². The molecule has 0 fully saturated rings. The van der Waals surface area contributed by atoms with Crippen LogP contribution in [-0.2, 0) is 9.53 Å². The second-order valence-corrected chi connectivity index (χ2v) is 10.6. The number of cyclic esters (lactones) is 1. The maximum absolute atomic E-state index is 12.5. The molecule has 0 saturated heterocycles. The summed E-state index contributed by atoms with van der Waals surface area (Å²) in [6.45, 7) is 9.88. The molecule has 0 aliphatic carbocycles. The molecule has 9 unspecified atom stereocenters. The number of hydrogen-bond acceptors (Lipinski definition) is 7. The normalized spacial score (nSPS) is 33.4. The first kappa shape index (κ1) is 32.3. The van der Waals surface area contributed by atoms with Crippen LogP contribution in [0.25, 0.3) is 0 Å². The molecule has 1 heterocycles. The second-order valence-electron chi connectivity index (χ2n) is 10.6. The molecule has 7 heteroatoms. The van der Waals surface area contributed by atoms with Gasteiger partial charge in [0.25, 0.3) is 0 Å². The van der Waals surface area contributed by atoms with E-state index in [4.69, 9.17) is 4.74 Å². The molecule has 36 heavy (non-hydrogen) atoms. The third kappa shape index (κ3) is 13.0. The average molecular weight is 509 g/mol. The molecule has 0 aromatic rings. The van der Waals surface area contributed by atoms with Gasteiger partial charge in [-0.1, -0.05) is 68.9 Å². The summed E-state index contributed by atoms with van der Waals surface area (Å²) in [5.41, 5.74) is 1.24. The van der Waals surface area contributed by atoms with Crippen LogP contribution in [0.5, 0.6) is 0 Å². The molecule has 1 rings (SSSR count). The predicted molar refractivity (Wildman–Crippen MR) is 142 cm³/mol. The minimum absolute atomic E-state index is 0.0229. The van der Waals surface area contributed by atoms with Gasteiger partial charge in [0, 0.05) is 18.8 Å². The Hall–Kier alpha value is -1.77. The first-order valence-corrected chi connectivity index (χ1v) is 13.2. The molecule has 0 aromatic heterocycles. The highest BCUT2D eigenvalue weighted by atomic mass is 16.5. The molecule has 0 saturated carbocycles. The smallest absolute Gasteiger partial charge is 0.306 e. The van der Waals surface area contributed by atoms with Gasteiger partial charge in [-0.2, -0.15) is 0 Å². The van der Waals surface area contributed by atoms with Crippen molar-refractivity contribution in [1.29, 1.82) is 0 Å². The monoisotopic (exact) mass is 508 g/mol. The average Bonchev–Trinajstić information content (AvgIpc) is 2.80.